The second-order valence-electron chi connectivity index (χ2n) is 6.82. The molecule has 1 nitrogen and oxygen atoms in total. The number of hydrogen-bond donors (Lipinski definition) is 1. The normalized spacial score (nSPS) is 38.2. The van der Waals surface area contributed by atoms with Crippen LogP contribution in [0.3, 0.4) is 0 Å². The topological polar surface area (TPSA) is 26.0 Å². The molecular weight excluding hydrogens is 218 g/mol. The Balaban J connectivity index is 1.55. The van der Waals surface area contributed by atoms with Crippen LogP contribution in [0.4, 0.5) is 5.69 Å². The van der Waals surface area contributed by atoms with E-state index in [1.165, 1.54) is 44.1 Å². The van der Waals surface area contributed by atoms with Crippen LogP contribution in [0, 0.1) is 29.6 Å². The number of nitrogen functional groups attached to an aromatic ring is 1. The molecule has 95 valence electrons. The maximum absolute atomic E-state index is 5.90. The Labute approximate surface area is 110 Å². The van der Waals surface area contributed by atoms with Crippen molar-refractivity contribution in [3.63, 3.8) is 0 Å². The summed E-state index contributed by atoms with van der Waals surface area (Å²) in [5.41, 5.74) is 8.26. The van der Waals surface area contributed by atoms with Crippen molar-refractivity contribution in [2.45, 2.75) is 38.5 Å². The lowest BCUT2D eigenvalue weighted by molar-refractivity contribution is 0.0426. The molecule has 1 aromatic carbocycles. The van der Waals surface area contributed by atoms with Crippen molar-refractivity contribution in [3.8, 4) is 0 Å². The molecule has 0 heterocycles. The summed E-state index contributed by atoms with van der Waals surface area (Å²) < 4.78 is 0. The number of nitrogens with two attached hydrogens (primary N) is 1. The standard InChI is InChI=1S/C17H22N/c18-16-3-1-2-11(9-16)10-17-14-5-12-4-13(7-14)8-15(17)6-12/h1-3,9,12-14,17H,4-8,10,18H2. The molecule has 4 saturated carbocycles. The molecule has 1 heteroatoms. The fourth-order valence-corrected chi connectivity index (χ4v) is 5.02. The Hall–Kier alpha value is -0.980. The molecule has 4 fully saturated rings. The highest BCUT2D eigenvalue weighted by molar-refractivity contribution is 5.41. The quantitative estimate of drug-likeness (QED) is 0.781. The summed E-state index contributed by atoms with van der Waals surface area (Å²) in [4.78, 5) is 0. The molecule has 4 aliphatic carbocycles. The molecular formula is C17H22N. The number of hydrogen-bond acceptors (Lipinski definition) is 1. The lowest BCUT2D eigenvalue weighted by atomic mass is 9.51. The minimum Gasteiger partial charge on any atom is -0.399 e. The van der Waals surface area contributed by atoms with Gasteiger partial charge in [-0.05, 0) is 85.8 Å². The predicted molar refractivity (Wildman–Crippen MR) is 74.8 cm³/mol. The molecule has 0 aromatic heterocycles. The molecule has 0 spiro atoms. The first-order valence-corrected chi connectivity index (χ1v) is 7.47. The second kappa shape index (κ2) is 4.01. The fourth-order valence-electron chi connectivity index (χ4n) is 5.02. The van der Waals surface area contributed by atoms with Crippen molar-refractivity contribution in [3.05, 3.63) is 35.7 Å². The molecule has 4 bridgehead atoms. The molecule has 2 N–H and O–H groups in total. The lowest BCUT2D eigenvalue weighted by Gasteiger charge is -2.54. The third kappa shape index (κ3) is 1.75. The molecule has 3 atom stereocenters. The van der Waals surface area contributed by atoms with Crippen LogP contribution in [0.15, 0.2) is 24.3 Å². The van der Waals surface area contributed by atoms with E-state index in [0.29, 0.717) is 0 Å². The summed E-state index contributed by atoms with van der Waals surface area (Å²) in [5, 5.41) is 0. The predicted octanol–water partition coefficient (Wildman–Crippen LogP) is 3.84. The van der Waals surface area contributed by atoms with Gasteiger partial charge in [-0.25, -0.2) is 0 Å². The molecule has 18 heavy (non-hydrogen) atoms. The zero-order valence-corrected chi connectivity index (χ0v) is 10.9. The largest absolute Gasteiger partial charge is 0.399 e. The molecule has 0 amide bonds. The molecule has 0 saturated heterocycles. The Morgan fingerprint density at radius 2 is 1.83 bits per heavy atom. The maximum atomic E-state index is 5.90. The van der Waals surface area contributed by atoms with Gasteiger partial charge in [0.05, 0.1) is 0 Å². The van der Waals surface area contributed by atoms with Gasteiger partial charge in [0.25, 0.3) is 0 Å². The Kier molecular flexibility index (Phi) is 2.43. The summed E-state index contributed by atoms with van der Waals surface area (Å²) in [6, 6.07) is 8.52. The van der Waals surface area contributed by atoms with Crippen molar-refractivity contribution in [1.82, 2.24) is 0 Å². The first-order chi connectivity index (χ1) is 8.78. The van der Waals surface area contributed by atoms with E-state index in [0.717, 1.165) is 29.4 Å². The van der Waals surface area contributed by atoms with E-state index in [1.54, 1.807) is 0 Å². The zero-order chi connectivity index (χ0) is 12.1. The summed E-state index contributed by atoms with van der Waals surface area (Å²) in [7, 11) is 0. The molecule has 3 unspecified atom stereocenters. The van der Waals surface area contributed by atoms with Gasteiger partial charge in [-0.3, -0.25) is 0 Å². The van der Waals surface area contributed by atoms with E-state index in [1.807, 2.05) is 12.0 Å². The van der Waals surface area contributed by atoms with Crippen LogP contribution in [-0.4, -0.2) is 0 Å². The third-order valence-electron chi connectivity index (χ3n) is 5.54. The zero-order valence-electron chi connectivity index (χ0n) is 10.9. The van der Waals surface area contributed by atoms with Gasteiger partial charge >= 0.3 is 0 Å². The SMILES string of the molecule is Nc1cccc(CC2[C]3CC4CC(C3)CC2C4)c1. The molecule has 1 radical (unpaired) electrons. The second-order valence-corrected chi connectivity index (χ2v) is 6.82. The van der Waals surface area contributed by atoms with Crippen LogP contribution in [-0.2, 0) is 6.42 Å². The fraction of sp³-hybridized carbons (Fsp3) is 0.588. The molecule has 4 aliphatic rings. The molecule has 0 aliphatic heterocycles. The van der Waals surface area contributed by atoms with Gasteiger partial charge in [0, 0.05) is 5.69 Å². The van der Waals surface area contributed by atoms with Gasteiger partial charge < -0.3 is 5.73 Å². The van der Waals surface area contributed by atoms with Crippen molar-refractivity contribution < 1.29 is 0 Å². The van der Waals surface area contributed by atoms with E-state index >= 15 is 0 Å². The van der Waals surface area contributed by atoms with Gasteiger partial charge in [-0.1, -0.05) is 12.1 Å². The minimum atomic E-state index is 0.875. The van der Waals surface area contributed by atoms with E-state index in [4.69, 9.17) is 5.73 Å². The number of rotatable bonds is 2. The first kappa shape index (κ1) is 10.9. The minimum absolute atomic E-state index is 0.875. The molecule has 1 aromatic rings. The van der Waals surface area contributed by atoms with Crippen molar-refractivity contribution in [2.24, 2.45) is 23.7 Å². The van der Waals surface area contributed by atoms with Gasteiger partial charge in [0.15, 0.2) is 0 Å². The van der Waals surface area contributed by atoms with E-state index in [2.05, 4.69) is 18.2 Å². The maximum Gasteiger partial charge on any atom is 0.0316 e. The van der Waals surface area contributed by atoms with Gasteiger partial charge in [-0.2, -0.15) is 0 Å². The van der Waals surface area contributed by atoms with Crippen molar-refractivity contribution in [1.29, 1.82) is 0 Å². The molecule has 5 rings (SSSR count). The van der Waals surface area contributed by atoms with E-state index < -0.39 is 0 Å². The van der Waals surface area contributed by atoms with Crippen molar-refractivity contribution >= 4 is 5.69 Å². The summed E-state index contributed by atoms with van der Waals surface area (Å²) >= 11 is 0. The van der Waals surface area contributed by atoms with Crippen LogP contribution in [0.2, 0.25) is 0 Å². The number of anilines is 1. The highest BCUT2D eigenvalue weighted by Gasteiger charge is 2.48. The highest BCUT2D eigenvalue weighted by atomic mass is 14.5. The van der Waals surface area contributed by atoms with Crippen LogP contribution in [0.1, 0.15) is 37.7 Å². The van der Waals surface area contributed by atoms with Gasteiger partial charge in [-0.15, -0.1) is 0 Å². The van der Waals surface area contributed by atoms with Crippen molar-refractivity contribution in [2.75, 3.05) is 5.73 Å². The lowest BCUT2D eigenvalue weighted by Crippen LogP contribution is -2.44. The van der Waals surface area contributed by atoms with Gasteiger partial charge in [0.2, 0.25) is 0 Å². The summed E-state index contributed by atoms with van der Waals surface area (Å²) in [6.45, 7) is 0. The average molecular weight is 240 g/mol. The Bertz CT molecular complexity index is 423. The Morgan fingerprint density at radius 1 is 1.06 bits per heavy atom. The smallest absolute Gasteiger partial charge is 0.0316 e. The highest BCUT2D eigenvalue weighted by Crippen LogP contribution is 2.58. The van der Waals surface area contributed by atoms with E-state index in [-0.39, 0.29) is 0 Å². The summed E-state index contributed by atoms with van der Waals surface area (Å²) in [5.74, 6) is 5.87. The van der Waals surface area contributed by atoms with E-state index in [9.17, 15) is 0 Å². The van der Waals surface area contributed by atoms with Crippen LogP contribution in [0.5, 0.6) is 0 Å². The first-order valence-electron chi connectivity index (χ1n) is 7.47. The summed E-state index contributed by atoms with van der Waals surface area (Å²) in [6.07, 6.45) is 8.68. The monoisotopic (exact) mass is 240 g/mol. The third-order valence-corrected chi connectivity index (χ3v) is 5.54. The number of benzene rings is 1. The van der Waals surface area contributed by atoms with Gasteiger partial charge in [0.1, 0.15) is 0 Å². The van der Waals surface area contributed by atoms with Crippen LogP contribution >= 0.6 is 0 Å². The van der Waals surface area contributed by atoms with Crippen LogP contribution < -0.4 is 5.73 Å². The average Bonchev–Trinajstić information content (AvgIpc) is 2.33. The Morgan fingerprint density at radius 3 is 2.50 bits per heavy atom. The van der Waals surface area contributed by atoms with Crippen LogP contribution in [0.25, 0.3) is 0 Å².